The first-order chi connectivity index (χ1) is 8.42. The maximum absolute atomic E-state index is 5.71. The van der Waals surface area contributed by atoms with E-state index in [1.54, 1.807) is 0 Å². The Morgan fingerprint density at radius 2 is 1.71 bits per heavy atom. The fourth-order valence-electron chi connectivity index (χ4n) is 1.76. The van der Waals surface area contributed by atoms with Gasteiger partial charge in [-0.05, 0) is 23.3 Å². The van der Waals surface area contributed by atoms with Crippen molar-refractivity contribution in [3.63, 3.8) is 0 Å². The second kappa shape index (κ2) is 4.60. The zero-order chi connectivity index (χ0) is 11.5. The number of hydrogen-bond donors (Lipinski definition) is 0. The Morgan fingerprint density at radius 3 is 2.35 bits per heavy atom. The van der Waals surface area contributed by atoms with E-state index < -0.39 is 0 Å². The number of epoxide rings is 1. The van der Waals surface area contributed by atoms with Gasteiger partial charge in [0.05, 0.1) is 6.61 Å². The highest BCUT2D eigenvalue weighted by Crippen LogP contribution is 2.30. The molecule has 17 heavy (non-hydrogen) atoms. The van der Waals surface area contributed by atoms with Gasteiger partial charge < -0.3 is 9.47 Å². The van der Waals surface area contributed by atoms with Crippen LogP contribution in [0.2, 0.25) is 0 Å². The molecule has 1 atom stereocenters. The lowest BCUT2D eigenvalue weighted by Crippen LogP contribution is -1.94. The molecule has 2 nitrogen and oxygen atoms in total. The molecule has 0 radical (unpaired) electrons. The molecule has 0 spiro atoms. The maximum atomic E-state index is 5.71. The third-order valence-corrected chi connectivity index (χ3v) is 2.83. The van der Waals surface area contributed by atoms with E-state index in [0.29, 0.717) is 12.7 Å². The summed E-state index contributed by atoms with van der Waals surface area (Å²) in [5, 5.41) is 0. The van der Waals surface area contributed by atoms with Crippen LogP contribution >= 0.6 is 0 Å². The summed E-state index contributed by atoms with van der Waals surface area (Å²) in [4.78, 5) is 0. The van der Waals surface area contributed by atoms with Crippen LogP contribution in [0.25, 0.3) is 0 Å². The molecule has 1 aliphatic heterocycles. The van der Waals surface area contributed by atoms with E-state index in [-0.39, 0.29) is 0 Å². The third kappa shape index (κ3) is 2.66. The summed E-state index contributed by atoms with van der Waals surface area (Å²) in [5.41, 5.74) is 2.42. The average molecular weight is 226 g/mol. The topological polar surface area (TPSA) is 21.8 Å². The van der Waals surface area contributed by atoms with Crippen LogP contribution in [0, 0.1) is 0 Å². The monoisotopic (exact) mass is 226 g/mol. The van der Waals surface area contributed by atoms with Gasteiger partial charge in [-0.25, -0.2) is 0 Å². The molecule has 2 heteroatoms. The highest BCUT2D eigenvalue weighted by atomic mass is 16.6. The number of rotatable bonds is 4. The molecule has 1 heterocycles. The molecule has 0 bridgehead atoms. The van der Waals surface area contributed by atoms with E-state index >= 15 is 0 Å². The van der Waals surface area contributed by atoms with Crippen molar-refractivity contribution in [1.82, 2.24) is 0 Å². The first kappa shape index (κ1) is 10.4. The van der Waals surface area contributed by atoms with Crippen molar-refractivity contribution < 1.29 is 9.47 Å². The van der Waals surface area contributed by atoms with Crippen LogP contribution < -0.4 is 4.74 Å². The number of benzene rings is 2. The fraction of sp³-hybridized carbons (Fsp3) is 0.200. The zero-order valence-corrected chi connectivity index (χ0v) is 9.50. The molecule has 86 valence electrons. The molecule has 0 amide bonds. The minimum absolute atomic E-state index is 0.318. The van der Waals surface area contributed by atoms with E-state index in [9.17, 15) is 0 Å². The molecule has 2 aromatic rings. The Labute approximate surface area is 101 Å². The van der Waals surface area contributed by atoms with Crippen LogP contribution in [0.1, 0.15) is 17.2 Å². The molecular weight excluding hydrogens is 212 g/mol. The molecule has 2 aromatic carbocycles. The Balaban J connectivity index is 1.61. The van der Waals surface area contributed by atoms with Crippen LogP contribution in [-0.4, -0.2) is 6.61 Å². The Hall–Kier alpha value is -1.80. The zero-order valence-electron chi connectivity index (χ0n) is 9.50. The molecule has 0 aliphatic carbocycles. The van der Waals surface area contributed by atoms with Crippen molar-refractivity contribution in [3.05, 3.63) is 65.7 Å². The largest absolute Gasteiger partial charge is 0.489 e. The van der Waals surface area contributed by atoms with Crippen LogP contribution in [0.15, 0.2) is 54.6 Å². The van der Waals surface area contributed by atoms with Crippen molar-refractivity contribution in [1.29, 1.82) is 0 Å². The summed E-state index contributed by atoms with van der Waals surface area (Å²) in [5.74, 6) is 0.901. The second-order valence-corrected chi connectivity index (χ2v) is 4.17. The van der Waals surface area contributed by atoms with Crippen molar-refractivity contribution >= 4 is 0 Å². The first-order valence-electron chi connectivity index (χ1n) is 5.80. The Kier molecular flexibility index (Phi) is 2.80. The van der Waals surface area contributed by atoms with Crippen LogP contribution in [0.5, 0.6) is 5.75 Å². The fourth-order valence-corrected chi connectivity index (χ4v) is 1.76. The number of hydrogen-bond acceptors (Lipinski definition) is 2. The van der Waals surface area contributed by atoms with Gasteiger partial charge in [0.25, 0.3) is 0 Å². The van der Waals surface area contributed by atoms with Gasteiger partial charge >= 0.3 is 0 Å². The summed E-state index contributed by atoms with van der Waals surface area (Å²) in [6.45, 7) is 1.46. The van der Waals surface area contributed by atoms with Gasteiger partial charge in [0, 0.05) is 0 Å². The Morgan fingerprint density at radius 1 is 1.00 bits per heavy atom. The van der Waals surface area contributed by atoms with Gasteiger partial charge in [-0.3, -0.25) is 0 Å². The van der Waals surface area contributed by atoms with Gasteiger partial charge in [-0.2, -0.15) is 0 Å². The quantitative estimate of drug-likeness (QED) is 0.746. The SMILES string of the molecule is c1ccc(COc2ccc([C@@H]3CO3)cc2)cc1. The summed E-state index contributed by atoms with van der Waals surface area (Å²) >= 11 is 0. The van der Waals surface area contributed by atoms with E-state index in [1.807, 2.05) is 30.3 Å². The second-order valence-electron chi connectivity index (χ2n) is 4.17. The third-order valence-electron chi connectivity index (χ3n) is 2.83. The average Bonchev–Trinajstić information content (AvgIpc) is 3.23. The van der Waals surface area contributed by atoms with Gasteiger partial charge in [0.15, 0.2) is 0 Å². The lowest BCUT2D eigenvalue weighted by Gasteiger charge is -2.06. The Bertz CT molecular complexity index is 472. The minimum atomic E-state index is 0.318. The molecule has 0 unspecified atom stereocenters. The van der Waals surface area contributed by atoms with Crippen LogP contribution in [-0.2, 0) is 11.3 Å². The summed E-state index contributed by atoms with van der Waals surface area (Å²) in [7, 11) is 0. The minimum Gasteiger partial charge on any atom is -0.489 e. The highest BCUT2D eigenvalue weighted by Gasteiger charge is 2.24. The summed E-state index contributed by atoms with van der Waals surface area (Å²) in [6.07, 6.45) is 0.318. The van der Waals surface area contributed by atoms with Gasteiger partial charge in [0.1, 0.15) is 18.5 Å². The molecule has 1 saturated heterocycles. The predicted molar refractivity (Wildman–Crippen MR) is 65.9 cm³/mol. The van der Waals surface area contributed by atoms with Crippen molar-refractivity contribution in [3.8, 4) is 5.75 Å². The van der Waals surface area contributed by atoms with E-state index in [1.165, 1.54) is 11.1 Å². The molecule has 0 aromatic heterocycles. The van der Waals surface area contributed by atoms with Gasteiger partial charge in [-0.15, -0.1) is 0 Å². The van der Waals surface area contributed by atoms with Crippen LogP contribution in [0.3, 0.4) is 0 Å². The van der Waals surface area contributed by atoms with Gasteiger partial charge in [-0.1, -0.05) is 42.5 Å². The van der Waals surface area contributed by atoms with E-state index in [2.05, 4.69) is 24.3 Å². The summed E-state index contributed by atoms with van der Waals surface area (Å²) < 4.78 is 10.9. The molecule has 0 saturated carbocycles. The molecule has 3 rings (SSSR count). The van der Waals surface area contributed by atoms with Crippen molar-refractivity contribution in [2.75, 3.05) is 6.61 Å². The van der Waals surface area contributed by atoms with Crippen LogP contribution in [0.4, 0.5) is 0 Å². The molecule has 0 N–H and O–H groups in total. The lowest BCUT2D eigenvalue weighted by molar-refractivity contribution is 0.306. The van der Waals surface area contributed by atoms with E-state index in [4.69, 9.17) is 9.47 Å². The van der Waals surface area contributed by atoms with Gasteiger partial charge in [0.2, 0.25) is 0 Å². The van der Waals surface area contributed by atoms with Crippen molar-refractivity contribution in [2.24, 2.45) is 0 Å². The smallest absolute Gasteiger partial charge is 0.119 e. The highest BCUT2D eigenvalue weighted by molar-refractivity contribution is 5.30. The maximum Gasteiger partial charge on any atom is 0.119 e. The number of ether oxygens (including phenoxy) is 2. The molecule has 1 aliphatic rings. The van der Waals surface area contributed by atoms with Crippen molar-refractivity contribution in [2.45, 2.75) is 12.7 Å². The standard InChI is InChI=1S/C15H14O2/c1-2-4-12(5-3-1)10-16-14-8-6-13(7-9-14)15-11-17-15/h1-9,15H,10-11H2/t15-/m0/s1. The summed E-state index contributed by atoms with van der Waals surface area (Å²) in [6, 6.07) is 18.3. The first-order valence-corrected chi connectivity index (χ1v) is 5.80. The van der Waals surface area contributed by atoms with E-state index in [0.717, 1.165) is 12.4 Å². The lowest BCUT2D eigenvalue weighted by atomic mass is 10.1. The molecule has 1 fully saturated rings. The normalized spacial score (nSPS) is 17.8. The predicted octanol–water partition coefficient (Wildman–Crippen LogP) is 3.34. The molecular formula is C15H14O2.